The summed E-state index contributed by atoms with van der Waals surface area (Å²) in [5.74, 6) is -1.74. The van der Waals surface area contributed by atoms with Gasteiger partial charge in [-0.25, -0.2) is 9.78 Å². The maximum atomic E-state index is 11.8. The number of thiazole rings is 1. The molecule has 1 heterocycles. The first kappa shape index (κ1) is 24.6. The number of benzene rings is 3. The molecule has 0 aliphatic heterocycles. The highest BCUT2D eigenvalue weighted by atomic mass is 32.1. The van der Waals surface area contributed by atoms with E-state index >= 15 is 0 Å². The summed E-state index contributed by atoms with van der Waals surface area (Å²) in [5, 5.41) is 21.3. The van der Waals surface area contributed by atoms with Gasteiger partial charge in [0, 0.05) is 12.4 Å². The van der Waals surface area contributed by atoms with Crippen molar-refractivity contribution in [2.24, 2.45) is 5.16 Å². The Kier molecular flexibility index (Phi) is 7.72. The lowest BCUT2D eigenvalue weighted by Crippen LogP contribution is -2.38. The summed E-state index contributed by atoms with van der Waals surface area (Å²) in [6, 6.07) is 30.0. The lowest BCUT2D eigenvalue weighted by molar-refractivity contribution is -0.130. The number of hydrogen-bond donors (Lipinski definition) is 3. The Bertz CT molecular complexity index is 1250. The number of likely N-dealkylation sites (N-methyl/N-ethyl adjacent to an activating group) is 1. The van der Waals surface area contributed by atoms with Gasteiger partial charge in [0.1, 0.15) is 11.2 Å². The Labute approximate surface area is 212 Å². The molecule has 0 saturated carbocycles. The third-order valence-electron chi connectivity index (χ3n) is 5.49. The van der Waals surface area contributed by atoms with E-state index in [0.29, 0.717) is 5.13 Å². The van der Waals surface area contributed by atoms with Gasteiger partial charge < -0.3 is 20.6 Å². The summed E-state index contributed by atoms with van der Waals surface area (Å²) in [7, 11) is 1.45. The highest BCUT2D eigenvalue weighted by molar-refractivity contribution is 7.14. The van der Waals surface area contributed by atoms with E-state index in [2.05, 4.69) is 20.8 Å². The summed E-state index contributed by atoms with van der Waals surface area (Å²) in [5.41, 5.74) is 1.87. The average Bonchev–Trinajstić information content (AvgIpc) is 3.38. The predicted octanol–water partition coefficient (Wildman–Crippen LogP) is 4.10. The third-order valence-corrected chi connectivity index (χ3v) is 6.25. The van der Waals surface area contributed by atoms with E-state index in [-0.39, 0.29) is 5.69 Å². The van der Waals surface area contributed by atoms with Gasteiger partial charge in [0.15, 0.2) is 11.7 Å². The molecule has 36 heavy (non-hydrogen) atoms. The molecule has 0 unspecified atom stereocenters. The van der Waals surface area contributed by atoms with Crippen LogP contribution in [0.4, 0.5) is 5.13 Å². The van der Waals surface area contributed by atoms with Gasteiger partial charge in [-0.15, -0.1) is 11.3 Å². The number of aliphatic carboxylic acids is 1. The molecule has 182 valence electrons. The fourth-order valence-electron chi connectivity index (χ4n) is 3.80. The van der Waals surface area contributed by atoms with Crippen molar-refractivity contribution in [1.82, 2.24) is 10.3 Å². The van der Waals surface area contributed by atoms with Crippen molar-refractivity contribution >= 4 is 34.1 Å². The number of nitrogens with zero attached hydrogens (tertiary/aromatic N) is 2. The van der Waals surface area contributed by atoms with E-state index in [1.54, 1.807) is 5.38 Å². The van der Waals surface area contributed by atoms with Crippen LogP contribution in [0, 0.1) is 0 Å². The number of hydrogen-bond acceptors (Lipinski definition) is 7. The highest BCUT2D eigenvalue weighted by Gasteiger charge is 2.37. The smallest absolute Gasteiger partial charge is 0.360 e. The summed E-state index contributed by atoms with van der Waals surface area (Å²) in [6.07, 6.45) is 0. The first-order chi connectivity index (χ1) is 17.5. The lowest BCUT2D eigenvalue weighted by Gasteiger charge is -2.36. The molecule has 3 N–H and O–H groups in total. The molecule has 0 saturated heterocycles. The Morgan fingerprint density at radius 2 is 1.42 bits per heavy atom. The van der Waals surface area contributed by atoms with E-state index in [1.807, 2.05) is 91.0 Å². The van der Waals surface area contributed by atoms with Crippen molar-refractivity contribution in [3.8, 4) is 0 Å². The van der Waals surface area contributed by atoms with Gasteiger partial charge in [0.2, 0.25) is 5.71 Å². The van der Waals surface area contributed by atoms with Crippen molar-refractivity contribution < 1.29 is 19.5 Å². The number of carbonyl (C=O) groups excluding carboxylic acids is 1. The molecule has 0 radical (unpaired) electrons. The van der Waals surface area contributed by atoms with Gasteiger partial charge in [-0.1, -0.05) is 96.2 Å². The van der Waals surface area contributed by atoms with Crippen LogP contribution in [0.5, 0.6) is 0 Å². The predicted molar refractivity (Wildman–Crippen MR) is 139 cm³/mol. The van der Waals surface area contributed by atoms with Crippen LogP contribution in [0.3, 0.4) is 0 Å². The summed E-state index contributed by atoms with van der Waals surface area (Å²) in [6.45, 7) is -0.401. The van der Waals surface area contributed by atoms with Gasteiger partial charge in [0.25, 0.3) is 5.91 Å². The molecule has 9 heteroatoms. The lowest BCUT2D eigenvalue weighted by atomic mass is 9.77. The minimum Gasteiger partial charge on any atom is -0.476 e. The van der Waals surface area contributed by atoms with Gasteiger partial charge >= 0.3 is 5.97 Å². The van der Waals surface area contributed by atoms with E-state index in [1.165, 1.54) is 18.4 Å². The molecule has 0 aliphatic rings. The number of carboxylic acids is 1. The molecule has 3 aromatic carbocycles. The largest absolute Gasteiger partial charge is 0.476 e. The van der Waals surface area contributed by atoms with Crippen LogP contribution in [-0.2, 0) is 20.0 Å². The maximum Gasteiger partial charge on any atom is 0.360 e. The van der Waals surface area contributed by atoms with E-state index in [0.717, 1.165) is 16.7 Å². The Morgan fingerprint density at radius 1 is 0.917 bits per heavy atom. The number of rotatable bonds is 10. The van der Waals surface area contributed by atoms with Gasteiger partial charge in [-0.3, -0.25) is 4.79 Å². The molecule has 0 bridgehead atoms. The fraction of sp³-hybridized carbons (Fsp3) is 0.111. The molecular formula is C27H24N4O4S. The summed E-state index contributed by atoms with van der Waals surface area (Å²) >= 11 is 1.25. The molecule has 0 aliphatic carbocycles. The molecule has 0 fully saturated rings. The number of carboxylic acid groups (broad SMARTS) is 1. The maximum absolute atomic E-state index is 11.8. The highest BCUT2D eigenvalue weighted by Crippen LogP contribution is 2.40. The standard InChI is InChI=1S/C27H24N4O4S/c1-28-23(32)17-35-31-24(25(33)34)22-18-36-26(29-22)30-27(19-11-5-2-6-12-19,20-13-7-3-8-14-20)21-15-9-4-10-16-21/h2-16,18H,17H2,1H3,(H,28,32)(H,29,30)(H,33,34)/b31-24+. The third kappa shape index (κ3) is 5.26. The molecule has 0 atom stereocenters. The number of oxime groups is 1. The monoisotopic (exact) mass is 500 g/mol. The van der Waals surface area contributed by atoms with Crippen molar-refractivity contribution in [3.05, 3.63) is 119 Å². The zero-order valence-corrected chi connectivity index (χ0v) is 20.2. The second-order valence-electron chi connectivity index (χ2n) is 7.70. The van der Waals surface area contributed by atoms with Crippen molar-refractivity contribution in [1.29, 1.82) is 0 Å². The van der Waals surface area contributed by atoms with Crippen molar-refractivity contribution in [3.63, 3.8) is 0 Å². The van der Waals surface area contributed by atoms with Crippen LogP contribution >= 0.6 is 11.3 Å². The SMILES string of the molecule is CNC(=O)CO/N=C(/C(=O)O)c1csc(NC(c2ccccc2)(c2ccccc2)c2ccccc2)n1. The molecule has 4 aromatic rings. The number of amides is 1. The second kappa shape index (κ2) is 11.3. The molecule has 1 amide bonds. The molecule has 4 rings (SSSR count). The summed E-state index contributed by atoms with van der Waals surface area (Å²) < 4.78 is 0. The molecule has 1 aromatic heterocycles. The topological polar surface area (TPSA) is 113 Å². The van der Waals surface area contributed by atoms with E-state index < -0.39 is 29.7 Å². The van der Waals surface area contributed by atoms with Crippen LogP contribution in [0.15, 0.2) is 102 Å². The number of nitrogens with one attached hydrogen (secondary N) is 2. The Morgan fingerprint density at radius 3 is 1.86 bits per heavy atom. The van der Waals surface area contributed by atoms with Crippen LogP contribution in [0.1, 0.15) is 22.4 Å². The average molecular weight is 501 g/mol. The van der Waals surface area contributed by atoms with Crippen LogP contribution in [-0.4, -0.2) is 41.3 Å². The quantitative estimate of drug-likeness (QED) is 0.172. The number of aromatic nitrogens is 1. The van der Waals surface area contributed by atoms with E-state index in [9.17, 15) is 14.7 Å². The number of anilines is 1. The fourth-order valence-corrected chi connectivity index (χ4v) is 4.55. The van der Waals surface area contributed by atoms with Crippen molar-refractivity contribution in [2.75, 3.05) is 19.0 Å². The van der Waals surface area contributed by atoms with E-state index in [4.69, 9.17) is 4.84 Å². The zero-order valence-electron chi connectivity index (χ0n) is 19.4. The van der Waals surface area contributed by atoms with Crippen molar-refractivity contribution in [2.45, 2.75) is 5.54 Å². The normalized spacial score (nSPS) is 11.5. The molecular weight excluding hydrogens is 476 g/mol. The minimum absolute atomic E-state index is 0.120. The van der Waals surface area contributed by atoms with Gasteiger partial charge in [0.05, 0.1) is 0 Å². The second-order valence-corrected chi connectivity index (χ2v) is 8.56. The minimum atomic E-state index is -1.32. The first-order valence-corrected chi connectivity index (χ1v) is 12.0. The first-order valence-electron chi connectivity index (χ1n) is 11.1. The zero-order chi connectivity index (χ0) is 25.4. The van der Waals surface area contributed by atoms with Crippen LogP contribution in [0.2, 0.25) is 0 Å². The van der Waals surface area contributed by atoms with Gasteiger partial charge in [-0.05, 0) is 16.7 Å². The Hall–Kier alpha value is -4.50. The molecule has 8 nitrogen and oxygen atoms in total. The van der Waals surface area contributed by atoms with Crippen LogP contribution in [0.25, 0.3) is 0 Å². The van der Waals surface area contributed by atoms with Crippen LogP contribution < -0.4 is 10.6 Å². The Balaban J connectivity index is 1.79. The summed E-state index contributed by atoms with van der Waals surface area (Å²) in [4.78, 5) is 32.7. The molecule has 0 spiro atoms. The van der Waals surface area contributed by atoms with Gasteiger partial charge in [-0.2, -0.15) is 0 Å². The number of carbonyl (C=O) groups is 2.